The number of amides is 1. The molecule has 1 amide bonds. The maximum absolute atomic E-state index is 13.6. The molecule has 0 saturated carbocycles. The van der Waals surface area contributed by atoms with Crippen molar-refractivity contribution in [2.24, 2.45) is 5.73 Å². The van der Waals surface area contributed by atoms with Gasteiger partial charge in [-0.3, -0.25) is 14.9 Å². The average Bonchev–Trinajstić information content (AvgIpc) is 3.27. The minimum Gasteiger partial charge on any atom is -0.332 e. The molecule has 0 radical (unpaired) electrons. The molecule has 146 valence electrons. The minimum atomic E-state index is -0.454. The Bertz CT molecular complexity index is 956. The Hall–Kier alpha value is -3.06. The first kappa shape index (κ1) is 19.7. The molecule has 0 spiro atoms. The molecule has 1 aliphatic heterocycles. The number of aromatic amines is 1. The summed E-state index contributed by atoms with van der Waals surface area (Å²) in [4.78, 5) is 19.1. The van der Waals surface area contributed by atoms with Gasteiger partial charge in [-0.05, 0) is 42.8 Å². The number of nitrogens with zero attached hydrogens (tertiary/aromatic N) is 3. The van der Waals surface area contributed by atoms with Crippen LogP contribution in [0, 0.1) is 5.82 Å². The number of nitrogens with two attached hydrogens (primary N) is 1. The van der Waals surface area contributed by atoms with E-state index in [1.54, 1.807) is 29.4 Å². The third kappa shape index (κ3) is 3.66. The highest BCUT2D eigenvalue weighted by Gasteiger charge is 2.33. The van der Waals surface area contributed by atoms with Crippen LogP contribution in [0.5, 0.6) is 0 Å². The number of benzene rings is 1. The van der Waals surface area contributed by atoms with E-state index in [2.05, 4.69) is 15.2 Å². The third-order valence-electron chi connectivity index (χ3n) is 4.90. The van der Waals surface area contributed by atoms with E-state index >= 15 is 0 Å². The van der Waals surface area contributed by atoms with Gasteiger partial charge in [-0.1, -0.05) is 19.6 Å². The fourth-order valence-electron chi connectivity index (χ4n) is 3.58. The highest BCUT2D eigenvalue weighted by Crippen LogP contribution is 2.33. The topological polar surface area (TPSA) is 87.9 Å². The molecular formula is C21H24FN5O. The zero-order chi connectivity index (χ0) is 18.8. The van der Waals surface area contributed by atoms with Crippen molar-refractivity contribution in [2.75, 3.05) is 6.54 Å². The SMILES string of the molecule is C.NCCC(C(=O)N1Cc2[nH]nc(-c3cccnc3)c2C1)c1cccc(F)c1. The molecule has 0 aliphatic carbocycles. The second-order valence-electron chi connectivity index (χ2n) is 6.65. The summed E-state index contributed by atoms with van der Waals surface area (Å²) in [5, 5.41) is 7.41. The molecule has 0 saturated heterocycles. The van der Waals surface area contributed by atoms with Crippen LogP contribution in [0.25, 0.3) is 11.3 Å². The van der Waals surface area contributed by atoms with Crippen LogP contribution >= 0.6 is 0 Å². The number of halogens is 1. The number of aromatic nitrogens is 3. The predicted octanol–water partition coefficient (Wildman–Crippen LogP) is 3.22. The fourth-order valence-corrected chi connectivity index (χ4v) is 3.58. The van der Waals surface area contributed by atoms with Crippen LogP contribution in [-0.4, -0.2) is 32.5 Å². The van der Waals surface area contributed by atoms with Crippen LogP contribution in [0.3, 0.4) is 0 Å². The largest absolute Gasteiger partial charge is 0.332 e. The Balaban J connectivity index is 0.00000225. The first-order valence-electron chi connectivity index (χ1n) is 8.88. The van der Waals surface area contributed by atoms with Crippen LogP contribution in [-0.2, 0) is 17.9 Å². The van der Waals surface area contributed by atoms with Crippen molar-refractivity contribution in [2.45, 2.75) is 32.9 Å². The molecule has 2 aromatic heterocycles. The molecule has 4 rings (SSSR count). The van der Waals surface area contributed by atoms with Crippen molar-refractivity contribution in [3.63, 3.8) is 0 Å². The second kappa shape index (κ2) is 8.31. The van der Waals surface area contributed by atoms with Gasteiger partial charge in [0.15, 0.2) is 0 Å². The molecule has 0 fully saturated rings. The Kier molecular flexibility index (Phi) is 5.84. The van der Waals surface area contributed by atoms with Crippen molar-refractivity contribution < 1.29 is 9.18 Å². The summed E-state index contributed by atoms with van der Waals surface area (Å²) in [6.45, 7) is 1.28. The van der Waals surface area contributed by atoms with E-state index in [1.165, 1.54) is 12.1 Å². The van der Waals surface area contributed by atoms with Gasteiger partial charge < -0.3 is 10.6 Å². The van der Waals surface area contributed by atoms with Gasteiger partial charge >= 0.3 is 0 Å². The van der Waals surface area contributed by atoms with Gasteiger partial charge in [-0.15, -0.1) is 0 Å². The molecular weight excluding hydrogens is 357 g/mol. The Morgan fingerprint density at radius 1 is 1.29 bits per heavy atom. The van der Waals surface area contributed by atoms with Crippen molar-refractivity contribution in [1.82, 2.24) is 20.1 Å². The summed E-state index contributed by atoms with van der Waals surface area (Å²) in [7, 11) is 0. The van der Waals surface area contributed by atoms with Crippen molar-refractivity contribution >= 4 is 5.91 Å². The molecule has 3 N–H and O–H groups in total. The highest BCUT2D eigenvalue weighted by molar-refractivity contribution is 5.84. The molecule has 3 heterocycles. The van der Waals surface area contributed by atoms with Gasteiger partial charge in [0.1, 0.15) is 5.82 Å². The summed E-state index contributed by atoms with van der Waals surface area (Å²) in [6, 6.07) is 9.99. The Morgan fingerprint density at radius 2 is 2.14 bits per heavy atom. The van der Waals surface area contributed by atoms with E-state index in [0.717, 1.165) is 22.5 Å². The molecule has 3 aromatic rings. The smallest absolute Gasteiger partial charge is 0.230 e. The van der Waals surface area contributed by atoms with E-state index in [9.17, 15) is 9.18 Å². The van der Waals surface area contributed by atoms with Crippen molar-refractivity contribution in [1.29, 1.82) is 0 Å². The van der Waals surface area contributed by atoms with Crippen LogP contribution in [0.2, 0.25) is 0 Å². The number of hydrogen-bond acceptors (Lipinski definition) is 4. The third-order valence-corrected chi connectivity index (χ3v) is 4.90. The van der Waals surface area contributed by atoms with E-state index in [-0.39, 0.29) is 19.2 Å². The Morgan fingerprint density at radius 3 is 2.86 bits per heavy atom. The first-order valence-corrected chi connectivity index (χ1v) is 8.88. The second-order valence-corrected chi connectivity index (χ2v) is 6.65. The van der Waals surface area contributed by atoms with Gasteiger partial charge in [-0.25, -0.2) is 4.39 Å². The molecule has 1 atom stereocenters. The normalized spacial score (nSPS) is 13.7. The summed E-state index contributed by atoms with van der Waals surface area (Å²) < 4.78 is 13.6. The van der Waals surface area contributed by atoms with E-state index in [0.29, 0.717) is 31.6 Å². The molecule has 0 bridgehead atoms. The monoisotopic (exact) mass is 381 g/mol. The zero-order valence-corrected chi connectivity index (χ0v) is 14.7. The van der Waals surface area contributed by atoms with E-state index in [1.807, 2.05) is 12.1 Å². The molecule has 1 aromatic carbocycles. The van der Waals surface area contributed by atoms with Crippen LogP contribution in [0.4, 0.5) is 4.39 Å². The van der Waals surface area contributed by atoms with Crippen LogP contribution < -0.4 is 5.73 Å². The number of pyridine rings is 1. The maximum Gasteiger partial charge on any atom is 0.230 e. The van der Waals surface area contributed by atoms with Crippen LogP contribution in [0.15, 0.2) is 48.8 Å². The van der Waals surface area contributed by atoms with E-state index < -0.39 is 5.92 Å². The van der Waals surface area contributed by atoms with Gasteiger partial charge in [0.2, 0.25) is 5.91 Å². The molecule has 7 heteroatoms. The van der Waals surface area contributed by atoms with Crippen LogP contribution in [0.1, 0.15) is 36.6 Å². The standard InChI is InChI=1S/C20H20FN5O.CH4/c21-15-5-1-3-13(9-15)16(6-7-22)20(27)26-11-17-18(12-26)24-25-19(17)14-4-2-8-23-10-14;/h1-5,8-10,16H,6-7,11-12,22H2,(H,24,25);1H4. The number of nitrogens with one attached hydrogen (secondary N) is 1. The number of fused-ring (bicyclic) bond motifs is 1. The first-order chi connectivity index (χ1) is 13.2. The quantitative estimate of drug-likeness (QED) is 0.710. The Labute approximate surface area is 163 Å². The number of hydrogen-bond donors (Lipinski definition) is 2. The van der Waals surface area contributed by atoms with Gasteiger partial charge in [0.05, 0.1) is 30.4 Å². The minimum absolute atomic E-state index is 0. The number of carbonyl (C=O) groups excluding carboxylic acids is 1. The number of H-pyrrole nitrogens is 1. The lowest BCUT2D eigenvalue weighted by Crippen LogP contribution is -2.32. The highest BCUT2D eigenvalue weighted by atomic mass is 19.1. The lowest BCUT2D eigenvalue weighted by molar-refractivity contribution is -0.133. The van der Waals surface area contributed by atoms with E-state index in [4.69, 9.17) is 5.73 Å². The maximum atomic E-state index is 13.6. The van der Waals surface area contributed by atoms with Gasteiger partial charge in [-0.2, -0.15) is 5.10 Å². The van der Waals surface area contributed by atoms with Gasteiger partial charge in [0.25, 0.3) is 0 Å². The van der Waals surface area contributed by atoms with Gasteiger partial charge in [0, 0.05) is 23.5 Å². The predicted molar refractivity (Wildman–Crippen MR) is 106 cm³/mol. The van der Waals surface area contributed by atoms with Crippen molar-refractivity contribution in [3.05, 3.63) is 71.4 Å². The number of rotatable bonds is 5. The molecule has 1 unspecified atom stereocenters. The lowest BCUT2D eigenvalue weighted by atomic mass is 9.94. The fraction of sp³-hybridized carbons (Fsp3) is 0.286. The summed E-state index contributed by atoms with van der Waals surface area (Å²) in [5.41, 5.74) is 10.0. The summed E-state index contributed by atoms with van der Waals surface area (Å²) in [5.74, 6) is -0.852. The molecule has 28 heavy (non-hydrogen) atoms. The number of carbonyl (C=O) groups is 1. The lowest BCUT2D eigenvalue weighted by Gasteiger charge is -2.23. The summed E-state index contributed by atoms with van der Waals surface area (Å²) in [6.07, 6.45) is 3.94. The average molecular weight is 381 g/mol. The molecule has 1 aliphatic rings. The zero-order valence-electron chi connectivity index (χ0n) is 14.7. The molecule has 6 nitrogen and oxygen atoms in total. The summed E-state index contributed by atoms with van der Waals surface area (Å²) >= 11 is 0. The van der Waals surface area contributed by atoms with Crippen molar-refractivity contribution in [3.8, 4) is 11.3 Å².